The molecule has 0 spiro atoms. The molecule has 0 fully saturated rings. The van der Waals surface area contributed by atoms with E-state index < -0.39 is 20.3 Å². The summed E-state index contributed by atoms with van der Waals surface area (Å²) in [7, 11) is -1.27. The van der Waals surface area contributed by atoms with E-state index in [0.717, 1.165) is 38.5 Å². The van der Waals surface area contributed by atoms with Crippen LogP contribution in [0, 0.1) is 24.9 Å². The fourth-order valence-electron chi connectivity index (χ4n) is 6.29. The zero-order valence-electron chi connectivity index (χ0n) is 29.4. The molecule has 0 saturated carbocycles. The van der Waals surface area contributed by atoms with E-state index in [1.807, 2.05) is 30.3 Å². The van der Waals surface area contributed by atoms with Gasteiger partial charge in [0, 0.05) is 33.7 Å². The van der Waals surface area contributed by atoms with Crippen LogP contribution in [0.25, 0.3) is 64.2 Å². The molecule has 0 bridgehead atoms. The third kappa shape index (κ3) is 6.38. The Labute approximate surface area is 302 Å². The predicted octanol–water partition coefficient (Wildman–Crippen LogP) is 11.3. The molecule has 0 aliphatic heterocycles. The number of thiophene rings is 1. The van der Waals surface area contributed by atoms with E-state index in [0.29, 0.717) is 5.69 Å². The molecule has 0 unspecified atom stereocenters. The Morgan fingerprint density at radius 2 is 1.46 bits per heavy atom. The number of aryl methyl sites for hydroxylation is 2. The Morgan fingerprint density at radius 3 is 2.21 bits per heavy atom. The van der Waals surface area contributed by atoms with E-state index >= 15 is 0 Å². The standard InChI is InChI=1S/C27H17FNS.C15H18NSi.Ir/c1-2-16-14-25(29-15-24(16)28)23-9-5-8-20-22-13-12-19-18-7-4-3-6-17(18)10-11-21(19)26(22)30-27(20)23;1-12-10-14(13-8-6-5-7-9-13)16-11-15(12)17(2,3)4;/h3-8,10-15H,2H2,1H3;5-8,10-11H,1-4H3;/q2*-1;/i2D2;;. The van der Waals surface area contributed by atoms with E-state index in [4.69, 9.17) is 2.74 Å². The molecule has 0 N–H and O–H groups in total. The summed E-state index contributed by atoms with van der Waals surface area (Å²) in [5.74, 6) is -0.636. The van der Waals surface area contributed by atoms with Gasteiger partial charge in [0.2, 0.25) is 0 Å². The largest absolute Gasteiger partial charge is 0.305 e. The minimum atomic E-state index is -1.80. The zero-order chi connectivity index (χ0) is 34.5. The van der Waals surface area contributed by atoms with Gasteiger partial charge in [0.25, 0.3) is 0 Å². The van der Waals surface area contributed by atoms with Crippen molar-refractivity contribution in [3.05, 3.63) is 139 Å². The SMILES string of the molecule is Cc1cc(-c2[c-]cccc2)ncc1[Si](C)(C)C.[2H]C([2H])(C)c1cc(-c2[c-]ccc3c2sc2c3ccc3c4ccccc4ccc32)ncc1F.[Ir]. The van der Waals surface area contributed by atoms with E-state index in [1.54, 1.807) is 11.3 Å². The summed E-state index contributed by atoms with van der Waals surface area (Å²) in [5.41, 5.74) is 4.74. The van der Waals surface area contributed by atoms with Crippen molar-refractivity contribution in [3.8, 4) is 22.5 Å². The van der Waals surface area contributed by atoms with Gasteiger partial charge in [0.15, 0.2) is 0 Å². The van der Waals surface area contributed by atoms with Crippen LogP contribution in [0.2, 0.25) is 19.6 Å². The van der Waals surface area contributed by atoms with Gasteiger partial charge in [-0.05, 0) is 67.1 Å². The molecule has 6 heteroatoms. The molecule has 0 aliphatic carbocycles. The van der Waals surface area contributed by atoms with Gasteiger partial charge in [-0.3, -0.25) is 0 Å². The van der Waals surface area contributed by atoms with Crippen LogP contribution in [0.15, 0.2) is 109 Å². The molecule has 8 rings (SSSR count). The van der Waals surface area contributed by atoms with Crippen molar-refractivity contribution in [2.75, 3.05) is 0 Å². The Bertz CT molecular complexity index is 2510. The van der Waals surface area contributed by atoms with Crippen molar-refractivity contribution in [2.45, 2.75) is 39.9 Å². The number of nitrogens with zero attached hydrogens (tertiary/aromatic N) is 2. The smallest absolute Gasteiger partial charge is 0.142 e. The number of hydrogen-bond donors (Lipinski definition) is 0. The Morgan fingerprint density at radius 1 is 0.750 bits per heavy atom. The molecular weight excluding hydrogens is 804 g/mol. The third-order valence-corrected chi connectivity index (χ3v) is 12.0. The van der Waals surface area contributed by atoms with Crippen molar-refractivity contribution < 1.29 is 27.2 Å². The molecule has 0 saturated heterocycles. The second kappa shape index (κ2) is 13.8. The van der Waals surface area contributed by atoms with Crippen LogP contribution in [0.5, 0.6) is 0 Å². The summed E-state index contributed by atoms with van der Waals surface area (Å²) in [4.78, 5) is 8.86. The van der Waals surface area contributed by atoms with E-state index in [9.17, 15) is 4.39 Å². The number of rotatable bonds is 4. The minimum Gasteiger partial charge on any atom is -0.305 e. The quantitative estimate of drug-likeness (QED) is 0.100. The Balaban J connectivity index is 0.000000204. The molecule has 1 radical (unpaired) electrons. The van der Waals surface area contributed by atoms with Crippen LogP contribution < -0.4 is 5.19 Å². The van der Waals surface area contributed by atoms with Crippen molar-refractivity contribution >= 4 is 66.3 Å². The van der Waals surface area contributed by atoms with E-state index in [-0.39, 0.29) is 25.7 Å². The average molecular weight is 841 g/mol. The van der Waals surface area contributed by atoms with Crippen molar-refractivity contribution in [3.63, 3.8) is 0 Å². The number of aromatic nitrogens is 2. The third-order valence-electron chi connectivity index (χ3n) is 8.60. The van der Waals surface area contributed by atoms with Crippen LogP contribution in [0.3, 0.4) is 0 Å². The summed E-state index contributed by atoms with van der Waals surface area (Å²) in [6.07, 6.45) is 1.36. The maximum Gasteiger partial charge on any atom is 0.142 e. The van der Waals surface area contributed by atoms with Gasteiger partial charge in [-0.15, -0.1) is 59.7 Å². The fraction of sp³-hybridized carbons (Fsp3) is 0.143. The van der Waals surface area contributed by atoms with Gasteiger partial charge in [-0.1, -0.05) is 98.2 Å². The van der Waals surface area contributed by atoms with Crippen LogP contribution >= 0.6 is 11.3 Å². The zero-order valence-corrected chi connectivity index (χ0v) is 31.6. The van der Waals surface area contributed by atoms with E-state index in [2.05, 4.69) is 116 Å². The maximum atomic E-state index is 14.3. The number of benzene rings is 5. The topological polar surface area (TPSA) is 25.8 Å². The van der Waals surface area contributed by atoms with Crippen LogP contribution in [0.1, 0.15) is 20.8 Å². The fourth-order valence-corrected chi connectivity index (χ4v) is 9.33. The maximum absolute atomic E-state index is 14.3. The van der Waals surface area contributed by atoms with Gasteiger partial charge < -0.3 is 9.97 Å². The van der Waals surface area contributed by atoms with Crippen LogP contribution in [0.4, 0.5) is 4.39 Å². The molecule has 0 amide bonds. The van der Waals surface area contributed by atoms with Gasteiger partial charge in [-0.25, -0.2) is 4.39 Å². The van der Waals surface area contributed by atoms with Crippen molar-refractivity contribution in [1.82, 2.24) is 9.97 Å². The number of halogens is 1. The first kappa shape index (κ1) is 31.2. The van der Waals surface area contributed by atoms with Gasteiger partial charge in [0.1, 0.15) is 5.82 Å². The predicted molar refractivity (Wildman–Crippen MR) is 202 cm³/mol. The monoisotopic (exact) mass is 841 g/mol. The molecule has 48 heavy (non-hydrogen) atoms. The second-order valence-corrected chi connectivity index (χ2v) is 18.8. The van der Waals surface area contributed by atoms with Crippen molar-refractivity contribution in [2.24, 2.45) is 0 Å². The van der Waals surface area contributed by atoms with Gasteiger partial charge in [0.05, 0.1) is 14.3 Å². The molecular formula is C42H35FIrN2SSi-2. The Hall–Kier alpha value is -4.06. The molecule has 3 heterocycles. The first-order chi connectivity index (χ1) is 23.4. The number of hydrogen-bond acceptors (Lipinski definition) is 3. The molecule has 5 aromatic carbocycles. The molecule has 0 aliphatic rings. The van der Waals surface area contributed by atoms with Gasteiger partial charge >= 0.3 is 0 Å². The van der Waals surface area contributed by atoms with Crippen molar-refractivity contribution in [1.29, 1.82) is 0 Å². The minimum absolute atomic E-state index is 0. The molecule has 8 aromatic rings. The van der Waals surface area contributed by atoms with Gasteiger partial charge in [-0.2, -0.15) is 11.3 Å². The van der Waals surface area contributed by atoms with E-state index in [1.165, 1.54) is 50.0 Å². The summed E-state index contributed by atoms with van der Waals surface area (Å²) in [6, 6.07) is 39.2. The molecule has 3 aromatic heterocycles. The van der Waals surface area contributed by atoms with Crippen LogP contribution in [-0.2, 0) is 26.5 Å². The molecule has 241 valence electrons. The van der Waals surface area contributed by atoms with Crippen LogP contribution in [-0.4, -0.2) is 18.0 Å². The molecule has 2 nitrogen and oxygen atoms in total. The summed E-state index contributed by atoms with van der Waals surface area (Å²) in [6.45, 7) is 10.6. The summed E-state index contributed by atoms with van der Waals surface area (Å²) >= 11 is 1.68. The number of fused-ring (bicyclic) bond motifs is 7. The normalized spacial score (nSPS) is 12.4. The summed E-state index contributed by atoms with van der Waals surface area (Å²) < 4.78 is 32.4. The summed E-state index contributed by atoms with van der Waals surface area (Å²) in [5, 5.41) is 8.56. The Kier molecular flexibility index (Phi) is 8.98. The first-order valence-electron chi connectivity index (χ1n) is 16.7. The second-order valence-electron chi connectivity index (χ2n) is 12.7. The molecule has 0 atom stereocenters. The average Bonchev–Trinajstić information content (AvgIpc) is 3.47. The number of pyridine rings is 2. The first-order valence-corrected chi connectivity index (χ1v) is 20.0.